The number of morpholine rings is 1. The number of nitrogens with zero attached hydrogens (tertiary/aromatic N) is 4. The van der Waals surface area contributed by atoms with Gasteiger partial charge in [-0.2, -0.15) is 0 Å². The van der Waals surface area contributed by atoms with Crippen molar-refractivity contribution < 1.29 is 9.47 Å². The molecule has 6 heteroatoms. The van der Waals surface area contributed by atoms with Gasteiger partial charge in [-0.1, -0.05) is 25.1 Å². The standard InChI is InChI=1S/C26H34N4O2/c1-19-13-23-24(16-25(19)29-9-11-32-12-10-29)27-18-28-26(23)30-8-4-6-21(17-30)14-20-5-3-7-22(15-20)31-2/h3,5,7,13,15-16,18-19,21,25H,4,6,8-12,14,17H2,1-2H3. The number of fused-ring (bicyclic) bond motifs is 1. The van der Waals surface area contributed by atoms with Crippen LogP contribution in [0.1, 0.15) is 25.3 Å². The van der Waals surface area contributed by atoms with Crippen molar-refractivity contribution in [1.29, 1.82) is 0 Å². The summed E-state index contributed by atoms with van der Waals surface area (Å²) in [6, 6.07) is 8.87. The zero-order chi connectivity index (χ0) is 21.9. The largest absolute Gasteiger partial charge is 0.497 e. The van der Waals surface area contributed by atoms with Crippen LogP contribution in [0, 0.1) is 11.8 Å². The number of aromatic nitrogens is 2. The van der Waals surface area contributed by atoms with E-state index in [-0.39, 0.29) is 0 Å². The Morgan fingerprint density at radius 1 is 1.12 bits per heavy atom. The number of methoxy groups -OCH3 is 1. The van der Waals surface area contributed by atoms with E-state index < -0.39 is 0 Å². The van der Waals surface area contributed by atoms with Crippen LogP contribution in [0.2, 0.25) is 0 Å². The van der Waals surface area contributed by atoms with Crippen molar-refractivity contribution in [2.45, 2.75) is 32.2 Å². The lowest BCUT2D eigenvalue weighted by Gasteiger charge is -2.37. The molecule has 2 fully saturated rings. The van der Waals surface area contributed by atoms with Crippen LogP contribution in [-0.4, -0.2) is 67.4 Å². The van der Waals surface area contributed by atoms with Crippen LogP contribution in [0.3, 0.4) is 0 Å². The average molecular weight is 435 g/mol. The minimum atomic E-state index is 0.385. The molecule has 0 N–H and O–H groups in total. The Balaban J connectivity index is 1.37. The molecule has 6 nitrogen and oxygen atoms in total. The third-order valence-electron chi connectivity index (χ3n) is 7.13. The number of hydrogen-bond donors (Lipinski definition) is 0. The van der Waals surface area contributed by atoms with Gasteiger partial charge in [0.25, 0.3) is 0 Å². The first-order valence-corrected chi connectivity index (χ1v) is 12.0. The molecule has 1 aromatic carbocycles. The molecule has 3 heterocycles. The summed E-state index contributed by atoms with van der Waals surface area (Å²) in [5.41, 5.74) is 1.35. The van der Waals surface area contributed by atoms with Gasteiger partial charge in [-0.05, 0) is 54.9 Å². The first kappa shape index (κ1) is 21.4. The Hall–Kier alpha value is -2.44. The maximum atomic E-state index is 5.55. The van der Waals surface area contributed by atoms with Crippen molar-refractivity contribution in [2.24, 2.45) is 11.8 Å². The van der Waals surface area contributed by atoms with Crippen LogP contribution in [0.15, 0.2) is 30.6 Å². The molecule has 2 saturated heterocycles. The lowest BCUT2D eigenvalue weighted by Crippen LogP contribution is -2.51. The Bertz CT molecular complexity index is 1050. The van der Waals surface area contributed by atoms with Gasteiger partial charge in [0.2, 0.25) is 0 Å². The molecule has 2 aliphatic heterocycles. The molecule has 170 valence electrons. The summed E-state index contributed by atoms with van der Waals surface area (Å²) in [6.45, 7) is 8.04. The van der Waals surface area contributed by atoms with Crippen LogP contribution in [-0.2, 0) is 11.2 Å². The van der Waals surface area contributed by atoms with Crippen LogP contribution < -0.4 is 20.2 Å². The number of hydrogen-bond acceptors (Lipinski definition) is 6. The molecule has 32 heavy (non-hydrogen) atoms. The zero-order valence-corrected chi connectivity index (χ0v) is 19.2. The first-order chi connectivity index (χ1) is 15.7. The van der Waals surface area contributed by atoms with E-state index in [2.05, 4.69) is 52.1 Å². The topological polar surface area (TPSA) is 50.7 Å². The van der Waals surface area contributed by atoms with Gasteiger partial charge in [-0.25, -0.2) is 9.97 Å². The Morgan fingerprint density at radius 3 is 2.84 bits per heavy atom. The van der Waals surface area contributed by atoms with Crippen LogP contribution >= 0.6 is 0 Å². The van der Waals surface area contributed by atoms with Crippen molar-refractivity contribution >= 4 is 18.0 Å². The smallest absolute Gasteiger partial charge is 0.139 e. The van der Waals surface area contributed by atoms with Crippen LogP contribution in [0.25, 0.3) is 12.2 Å². The van der Waals surface area contributed by atoms with E-state index in [9.17, 15) is 0 Å². The maximum Gasteiger partial charge on any atom is 0.139 e. The summed E-state index contributed by atoms with van der Waals surface area (Å²) in [6.07, 6.45) is 10.0. The van der Waals surface area contributed by atoms with Crippen LogP contribution in [0.5, 0.6) is 5.75 Å². The maximum absolute atomic E-state index is 5.55. The fourth-order valence-electron chi connectivity index (χ4n) is 5.49. The van der Waals surface area contributed by atoms with Crippen molar-refractivity contribution in [3.63, 3.8) is 0 Å². The summed E-state index contributed by atoms with van der Waals surface area (Å²) >= 11 is 0. The number of rotatable bonds is 5. The third kappa shape index (κ3) is 4.52. The average Bonchev–Trinajstić information content (AvgIpc) is 2.84. The highest BCUT2D eigenvalue weighted by atomic mass is 16.5. The van der Waals surface area contributed by atoms with E-state index in [0.717, 1.165) is 62.7 Å². The van der Waals surface area contributed by atoms with E-state index in [4.69, 9.17) is 14.5 Å². The summed E-state index contributed by atoms with van der Waals surface area (Å²) in [5, 5.41) is 2.30. The number of benzene rings is 1. The van der Waals surface area contributed by atoms with Crippen molar-refractivity contribution in [3.8, 4) is 5.75 Å². The second-order valence-corrected chi connectivity index (χ2v) is 9.34. The number of anilines is 1. The monoisotopic (exact) mass is 434 g/mol. The minimum absolute atomic E-state index is 0.385. The van der Waals surface area contributed by atoms with Gasteiger partial charge in [0.15, 0.2) is 0 Å². The Morgan fingerprint density at radius 2 is 2.00 bits per heavy atom. The predicted octanol–water partition coefficient (Wildman–Crippen LogP) is 1.86. The highest BCUT2D eigenvalue weighted by Gasteiger charge is 2.27. The Labute approximate surface area is 190 Å². The molecular formula is C26H34N4O2. The van der Waals surface area contributed by atoms with E-state index in [0.29, 0.717) is 17.9 Å². The molecule has 3 aliphatic rings. The highest BCUT2D eigenvalue weighted by molar-refractivity contribution is 5.53. The first-order valence-electron chi connectivity index (χ1n) is 12.0. The summed E-state index contributed by atoms with van der Waals surface area (Å²) in [5.74, 6) is 3.10. The van der Waals surface area contributed by atoms with Gasteiger partial charge >= 0.3 is 0 Å². The van der Waals surface area contributed by atoms with E-state index in [1.807, 2.05) is 6.07 Å². The molecule has 3 unspecified atom stereocenters. The molecule has 0 saturated carbocycles. The Kier molecular flexibility index (Phi) is 6.42. The molecule has 5 rings (SSSR count). The molecule has 0 bridgehead atoms. The quantitative estimate of drug-likeness (QED) is 0.716. The molecule has 2 aromatic rings. The zero-order valence-electron chi connectivity index (χ0n) is 19.2. The van der Waals surface area contributed by atoms with Crippen molar-refractivity contribution in [1.82, 2.24) is 14.9 Å². The molecule has 0 spiro atoms. The number of ether oxygens (including phenoxy) is 2. The van der Waals surface area contributed by atoms with Crippen molar-refractivity contribution in [2.75, 3.05) is 51.4 Å². The van der Waals surface area contributed by atoms with Gasteiger partial charge in [-0.15, -0.1) is 0 Å². The molecule has 1 aromatic heterocycles. The summed E-state index contributed by atoms with van der Waals surface area (Å²) < 4.78 is 11.0. The SMILES string of the molecule is COc1cccc(CC2CCCN(c3ncnc4c3=CC(C)C(N3CCOCC3)C=4)C2)c1. The number of piperidine rings is 1. The third-order valence-corrected chi connectivity index (χ3v) is 7.13. The van der Waals surface area contributed by atoms with Crippen LogP contribution in [0.4, 0.5) is 5.82 Å². The van der Waals surface area contributed by atoms with Gasteiger partial charge in [0, 0.05) is 37.4 Å². The summed E-state index contributed by atoms with van der Waals surface area (Å²) in [7, 11) is 1.73. The van der Waals surface area contributed by atoms with E-state index in [1.165, 1.54) is 23.6 Å². The van der Waals surface area contributed by atoms with E-state index in [1.54, 1.807) is 13.4 Å². The van der Waals surface area contributed by atoms with Gasteiger partial charge < -0.3 is 14.4 Å². The van der Waals surface area contributed by atoms with Crippen molar-refractivity contribution in [3.05, 3.63) is 46.7 Å². The molecule has 0 radical (unpaired) electrons. The lowest BCUT2D eigenvalue weighted by molar-refractivity contribution is 0.0233. The van der Waals surface area contributed by atoms with Gasteiger partial charge in [0.05, 0.1) is 25.7 Å². The summed E-state index contributed by atoms with van der Waals surface area (Å²) in [4.78, 5) is 14.4. The van der Waals surface area contributed by atoms with Gasteiger partial charge in [-0.3, -0.25) is 4.90 Å². The molecule has 0 amide bonds. The second kappa shape index (κ2) is 9.59. The molecular weight excluding hydrogens is 400 g/mol. The lowest BCUT2D eigenvalue weighted by atomic mass is 9.90. The fourth-order valence-corrected chi connectivity index (χ4v) is 5.49. The fraction of sp³-hybridized carbons (Fsp3) is 0.538. The highest BCUT2D eigenvalue weighted by Crippen LogP contribution is 2.25. The minimum Gasteiger partial charge on any atom is -0.497 e. The van der Waals surface area contributed by atoms with E-state index >= 15 is 0 Å². The molecule has 1 aliphatic carbocycles. The normalized spacial score (nSPS) is 26.1. The second-order valence-electron chi connectivity index (χ2n) is 9.34. The molecule has 3 atom stereocenters. The van der Waals surface area contributed by atoms with Gasteiger partial charge in [0.1, 0.15) is 17.9 Å². The predicted molar refractivity (Wildman–Crippen MR) is 127 cm³/mol.